The maximum absolute atomic E-state index is 13.5. The van der Waals surface area contributed by atoms with E-state index in [0.717, 1.165) is 11.8 Å². The Morgan fingerprint density at radius 3 is 2.36 bits per heavy atom. The second-order valence-corrected chi connectivity index (χ2v) is 19.5. The second kappa shape index (κ2) is 11.7. The van der Waals surface area contributed by atoms with Crippen LogP contribution in [-0.2, 0) is 35.5 Å². The third kappa shape index (κ3) is 6.09. The van der Waals surface area contributed by atoms with Gasteiger partial charge in [-0.25, -0.2) is 9.59 Å². The van der Waals surface area contributed by atoms with Crippen LogP contribution in [0.25, 0.3) is 0 Å². The van der Waals surface area contributed by atoms with E-state index in [1.807, 2.05) is 51.1 Å². The molecule has 3 aliphatic rings. The van der Waals surface area contributed by atoms with Crippen molar-refractivity contribution in [2.75, 3.05) is 32.0 Å². The number of hydrogen-bond donors (Lipinski definition) is 0. The number of benzene rings is 2. The number of ether oxygens (including phenoxy) is 4. The number of nitrogens with zero attached hydrogens (tertiary/aromatic N) is 2. The van der Waals surface area contributed by atoms with Crippen LogP contribution >= 0.6 is 0 Å². The molecule has 0 N–H and O–H groups in total. The lowest BCUT2D eigenvalue weighted by atomic mass is 9.76. The van der Waals surface area contributed by atoms with E-state index in [4.69, 9.17) is 23.4 Å². The molecule has 2 aromatic carbocycles. The minimum Gasteiger partial charge on any atom is -0.488 e. The summed E-state index contributed by atoms with van der Waals surface area (Å²) in [6.45, 7) is 17.0. The number of anilines is 1. The Morgan fingerprint density at radius 1 is 1.07 bits per heavy atom. The van der Waals surface area contributed by atoms with Gasteiger partial charge in [-0.15, -0.1) is 0 Å². The van der Waals surface area contributed by atoms with Crippen molar-refractivity contribution in [1.29, 1.82) is 0 Å². The summed E-state index contributed by atoms with van der Waals surface area (Å²) in [6, 6.07) is 12.2. The fourth-order valence-corrected chi connectivity index (χ4v) is 7.04. The molecule has 4 atom stereocenters. The lowest BCUT2D eigenvalue weighted by molar-refractivity contribution is -0.117. The molecule has 3 heterocycles. The molecule has 0 unspecified atom stereocenters. The number of methoxy groups -OCH3 is 1. The van der Waals surface area contributed by atoms with Crippen molar-refractivity contribution >= 4 is 32.4 Å². The first-order valence-corrected chi connectivity index (χ1v) is 18.3. The third-order valence-electron chi connectivity index (χ3n) is 9.53. The third-order valence-corrected chi connectivity index (χ3v) is 14.0. The number of esters is 1. The smallest absolute Gasteiger partial charge is 0.411 e. The number of aldehydes is 1. The zero-order valence-corrected chi connectivity index (χ0v) is 28.8. The summed E-state index contributed by atoms with van der Waals surface area (Å²) in [7, 11) is -0.791. The monoisotopic (exact) mass is 638 g/mol. The van der Waals surface area contributed by atoms with E-state index < -0.39 is 37.4 Å². The number of amides is 1. The number of rotatable bonds is 10. The average Bonchev–Trinajstić information content (AvgIpc) is 3.42. The van der Waals surface area contributed by atoms with Gasteiger partial charge in [-0.2, -0.15) is 0 Å². The van der Waals surface area contributed by atoms with Crippen molar-refractivity contribution in [3.05, 3.63) is 59.2 Å². The lowest BCUT2D eigenvalue weighted by Gasteiger charge is -2.37. The maximum atomic E-state index is 13.5. The molecule has 0 bridgehead atoms. The Kier molecular flexibility index (Phi) is 8.60. The highest BCUT2D eigenvalue weighted by Gasteiger charge is 2.72. The number of carbonyl (C=O) groups excluding carboxylic acids is 3. The summed E-state index contributed by atoms with van der Waals surface area (Å²) in [5.41, 5.74) is 0.694. The van der Waals surface area contributed by atoms with Crippen LogP contribution in [-0.4, -0.2) is 82.3 Å². The van der Waals surface area contributed by atoms with Gasteiger partial charge in [-0.1, -0.05) is 51.1 Å². The number of hydrogen-bond acceptors (Lipinski definition) is 9. The lowest BCUT2D eigenvalue weighted by Crippen LogP contribution is -2.52. The molecule has 0 radical (unpaired) electrons. The van der Waals surface area contributed by atoms with E-state index in [9.17, 15) is 14.4 Å². The van der Waals surface area contributed by atoms with Gasteiger partial charge in [0.25, 0.3) is 0 Å². The minimum atomic E-state index is -2.12. The standard InChI is InChI=1S/C34H46N2O8Si/c1-32(2,3)44-31(39)36-25-17-35-24-15-23(30(38)40-7)16-26(42-18-22-13-11-10-12-14-22)27(24)34(19-37,29(35)28(25)36)20-41-21-43-45(8,9)33(4,5)6/h10-16,19,25,28-29H,17-18,20-21H2,1-9H3/t25-,28-,29+,34-,36?/m0/s1. The topological polar surface area (TPSA) is 104 Å². The number of carbonyl (C=O) groups is 3. The molecule has 244 valence electrons. The molecule has 2 aromatic rings. The van der Waals surface area contributed by atoms with Crippen LogP contribution in [0.1, 0.15) is 63.0 Å². The van der Waals surface area contributed by atoms with Crippen molar-refractivity contribution in [2.24, 2.45) is 0 Å². The van der Waals surface area contributed by atoms with Crippen LogP contribution < -0.4 is 9.64 Å². The van der Waals surface area contributed by atoms with Crippen molar-refractivity contribution in [2.45, 2.75) is 95.4 Å². The quantitative estimate of drug-likeness (QED) is 0.0813. The highest BCUT2D eigenvalue weighted by Crippen LogP contribution is 2.59. The fraction of sp³-hybridized carbons (Fsp3) is 0.559. The fourth-order valence-electron chi connectivity index (χ4n) is 6.23. The predicted octanol–water partition coefficient (Wildman–Crippen LogP) is 5.67. The van der Waals surface area contributed by atoms with Gasteiger partial charge < -0.3 is 33.1 Å². The number of piperazine rings is 1. The number of fused-ring (bicyclic) bond motifs is 5. The summed E-state index contributed by atoms with van der Waals surface area (Å²) in [5.74, 6) is -0.116. The molecule has 0 spiro atoms. The Labute approximate surface area is 267 Å². The van der Waals surface area contributed by atoms with E-state index in [0.29, 0.717) is 29.1 Å². The van der Waals surface area contributed by atoms with Gasteiger partial charge in [0.2, 0.25) is 0 Å². The first-order chi connectivity index (χ1) is 21.0. The molecule has 0 saturated carbocycles. The molecule has 2 saturated heterocycles. The van der Waals surface area contributed by atoms with Gasteiger partial charge in [0.15, 0.2) is 8.32 Å². The van der Waals surface area contributed by atoms with E-state index >= 15 is 0 Å². The minimum absolute atomic E-state index is 0.00390. The van der Waals surface area contributed by atoms with Crippen LogP contribution in [0, 0.1) is 0 Å². The summed E-state index contributed by atoms with van der Waals surface area (Å²) >= 11 is 0. The van der Waals surface area contributed by atoms with Crippen LogP contribution in [0.15, 0.2) is 42.5 Å². The highest BCUT2D eigenvalue weighted by molar-refractivity contribution is 6.74. The molecule has 1 amide bonds. The molecule has 2 fully saturated rings. The van der Waals surface area contributed by atoms with Crippen LogP contribution in [0.4, 0.5) is 10.5 Å². The van der Waals surface area contributed by atoms with Crippen molar-refractivity contribution in [3.8, 4) is 5.75 Å². The highest BCUT2D eigenvalue weighted by atomic mass is 28.4. The molecular formula is C34H46N2O8Si. The first-order valence-electron chi connectivity index (χ1n) is 15.4. The zero-order chi connectivity index (χ0) is 32.9. The summed E-state index contributed by atoms with van der Waals surface area (Å²) in [5, 5.41) is -0.0151. The predicted molar refractivity (Wildman–Crippen MR) is 172 cm³/mol. The molecule has 0 aliphatic carbocycles. The summed E-state index contributed by atoms with van der Waals surface area (Å²) < 4.78 is 29.7. The molecular weight excluding hydrogens is 592 g/mol. The largest absolute Gasteiger partial charge is 0.488 e. The van der Waals surface area contributed by atoms with Crippen LogP contribution in [0.5, 0.6) is 5.75 Å². The van der Waals surface area contributed by atoms with Gasteiger partial charge in [0.05, 0.1) is 37.4 Å². The zero-order valence-electron chi connectivity index (χ0n) is 27.8. The van der Waals surface area contributed by atoms with Gasteiger partial charge in [0, 0.05) is 17.8 Å². The van der Waals surface area contributed by atoms with Gasteiger partial charge in [-0.05, 0) is 56.6 Å². The summed E-state index contributed by atoms with van der Waals surface area (Å²) in [4.78, 5) is 43.4. The van der Waals surface area contributed by atoms with Crippen LogP contribution in [0.2, 0.25) is 18.1 Å². The van der Waals surface area contributed by atoms with Crippen molar-refractivity contribution < 1.29 is 37.8 Å². The SMILES string of the molecule is COC(=O)c1cc(OCc2ccccc2)c2c(c1)N1C[C@H]3[C@@H]([C@@H]1[C@@]2(C=O)COCO[Si](C)(C)C(C)(C)C)N3C(=O)OC(C)(C)C. The Bertz CT molecular complexity index is 1450. The first kappa shape index (κ1) is 33.0. The van der Waals surface area contributed by atoms with E-state index in [1.54, 1.807) is 17.0 Å². The Balaban J connectivity index is 1.54. The van der Waals surface area contributed by atoms with E-state index in [-0.39, 0.29) is 37.1 Å². The van der Waals surface area contributed by atoms with Gasteiger partial charge >= 0.3 is 12.1 Å². The molecule has 0 aromatic heterocycles. The Hall–Kier alpha value is -3.41. The van der Waals surface area contributed by atoms with Crippen molar-refractivity contribution in [1.82, 2.24) is 4.90 Å². The van der Waals surface area contributed by atoms with Gasteiger partial charge in [-0.3, -0.25) is 4.90 Å². The molecule has 5 rings (SSSR count). The second-order valence-electron chi connectivity index (χ2n) is 14.7. The molecule has 45 heavy (non-hydrogen) atoms. The van der Waals surface area contributed by atoms with Crippen molar-refractivity contribution in [3.63, 3.8) is 0 Å². The van der Waals surface area contributed by atoms with Gasteiger partial charge in [0.1, 0.15) is 36.5 Å². The average molecular weight is 639 g/mol. The Morgan fingerprint density at radius 2 is 1.76 bits per heavy atom. The normalized spacial score (nSPS) is 23.6. The van der Waals surface area contributed by atoms with E-state index in [2.05, 4.69) is 38.8 Å². The van der Waals surface area contributed by atoms with E-state index in [1.165, 1.54) is 7.11 Å². The molecule has 11 heteroatoms. The van der Waals surface area contributed by atoms with Crippen LogP contribution in [0.3, 0.4) is 0 Å². The molecule has 10 nitrogen and oxygen atoms in total. The summed E-state index contributed by atoms with van der Waals surface area (Å²) in [6.07, 6.45) is 0.509. The maximum Gasteiger partial charge on any atom is 0.411 e. The molecule has 3 aliphatic heterocycles.